The van der Waals surface area contributed by atoms with Crippen molar-refractivity contribution in [2.45, 2.75) is 6.92 Å². The van der Waals surface area contributed by atoms with Crippen molar-refractivity contribution >= 4 is 17.0 Å². The maximum absolute atomic E-state index is 5.63. The Labute approximate surface area is 107 Å². The second-order valence-corrected chi connectivity index (χ2v) is 4.86. The van der Waals surface area contributed by atoms with E-state index in [0.717, 1.165) is 10.6 Å². The Kier molecular flexibility index (Phi) is 2.56. The van der Waals surface area contributed by atoms with Crippen LogP contribution in [-0.2, 0) is 0 Å². The van der Waals surface area contributed by atoms with Crippen LogP contribution in [0.5, 0.6) is 0 Å². The molecule has 3 rings (SSSR count). The van der Waals surface area contributed by atoms with Gasteiger partial charge in [0, 0.05) is 16.6 Å². The molecule has 0 fully saturated rings. The van der Waals surface area contributed by atoms with Crippen molar-refractivity contribution in [2.24, 2.45) is 0 Å². The lowest BCUT2D eigenvalue weighted by Crippen LogP contribution is -1.85. The minimum atomic E-state index is 0.436. The van der Waals surface area contributed by atoms with Gasteiger partial charge in [0.05, 0.1) is 5.01 Å². The number of aromatic nitrogens is 3. The third kappa shape index (κ3) is 1.98. The topological polar surface area (TPSA) is 77.8 Å². The molecule has 2 N–H and O–H groups in total. The van der Waals surface area contributed by atoms with Crippen LogP contribution in [0.25, 0.3) is 23.0 Å². The molecule has 6 heteroatoms. The van der Waals surface area contributed by atoms with Crippen LogP contribution in [0.15, 0.2) is 34.2 Å². The van der Waals surface area contributed by atoms with E-state index in [9.17, 15) is 0 Å². The fourth-order valence-corrected chi connectivity index (χ4v) is 2.13. The summed E-state index contributed by atoms with van der Waals surface area (Å²) in [6.07, 6.45) is 0. The second-order valence-electron chi connectivity index (χ2n) is 3.80. The smallest absolute Gasteiger partial charge is 0.277 e. The Morgan fingerprint density at radius 2 is 1.94 bits per heavy atom. The molecule has 2 heterocycles. The molecule has 1 aromatic carbocycles. The van der Waals surface area contributed by atoms with E-state index in [0.29, 0.717) is 23.1 Å². The largest absolute Gasteiger partial charge is 0.399 e. The Bertz CT molecular complexity index is 671. The molecule has 0 saturated carbocycles. The van der Waals surface area contributed by atoms with Gasteiger partial charge in [-0.1, -0.05) is 5.16 Å². The van der Waals surface area contributed by atoms with Gasteiger partial charge >= 0.3 is 0 Å². The first kappa shape index (κ1) is 10.9. The highest BCUT2D eigenvalue weighted by Crippen LogP contribution is 2.23. The third-order valence-electron chi connectivity index (χ3n) is 2.43. The van der Waals surface area contributed by atoms with Crippen molar-refractivity contribution in [3.63, 3.8) is 0 Å². The van der Waals surface area contributed by atoms with Crippen LogP contribution in [-0.4, -0.2) is 15.1 Å². The summed E-state index contributed by atoms with van der Waals surface area (Å²) in [7, 11) is 0. The van der Waals surface area contributed by atoms with Crippen LogP contribution in [0.4, 0.5) is 5.69 Å². The monoisotopic (exact) mass is 258 g/mol. The van der Waals surface area contributed by atoms with Crippen molar-refractivity contribution in [3.05, 3.63) is 34.7 Å². The lowest BCUT2D eigenvalue weighted by molar-refractivity contribution is 0.431. The van der Waals surface area contributed by atoms with Gasteiger partial charge in [0.1, 0.15) is 5.69 Å². The van der Waals surface area contributed by atoms with Crippen LogP contribution in [0.3, 0.4) is 0 Å². The first-order valence-corrected chi connectivity index (χ1v) is 6.22. The Balaban J connectivity index is 1.96. The molecular weight excluding hydrogens is 248 g/mol. The van der Waals surface area contributed by atoms with Crippen molar-refractivity contribution in [2.75, 3.05) is 5.73 Å². The Morgan fingerprint density at radius 1 is 1.17 bits per heavy atom. The lowest BCUT2D eigenvalue weighted by atomic mass is 10.2. The summed E-state index contributed by atoms with van der Waals surface area (Å²) in [6, 6.07) is 7.32. The van der Waals surface area contributed by atoms with E-state index in [-0.39, 0.29) is 0 Å². The second kappa shape index (κ2) is 4.23. The van der Waals surface area contributed by atoms with Crippen LogP contribution in [0.2, 0.25) is 0 Å². The standard InChI is InChI=1S/C12H10N4OS/c1-7-14-10(6-18-7)12-15-11(16-17-12)8-2-4-9(13)5-3-8/h2-6H,13H2,1H3. The molecule has 0 aliphatic heterocycles. The zero-order valence-electron chi connectivity index (χ0n) is 9.62. The van der Waals surface area contributed by atoms with Gasteiger partial charge in [0.25, 0.3) is 5.89 Å². The van der Waals surface area contributed by atoms with Crippen LogP contribution in [0, 0.1) is 6.92 Å². The number of nitrogens with two attached hydrogens (primary N) is 1. The number of nitrogen functional groups attached to an aromatic ring is 1. The highest BCUT2D eigenvalue weighted by atomic mass is 32.1. The fraction of sp³-hybridized carbons (Fsp3) is 0.0833. The predicted molar refractivity (Wildman–Crippen MR) is 70.0 cm³/mol. The molecule has 0 aliphatic carbocycles. The molecule has 0 unspecified atom stereocenters. The van der Waals surface area contributed by atoms with E-state index in [1.54, 1.807) is 23.5 Å². The van der Waals surface area contributed by atoms with E-state index in [1.165, 1.54) is 0 Å². The molecule has 0 aliphatic rings. The number of anilines is 1. The zero-order valence-corrected chi connectivity index (χ0v) is 10.4. The maximum Gasteiger partial charge on any atom is 0.277 e. The normalized spacial score (nSPS) is 10.7. The van der Waals surface area contributed by atoms with Crippen molar-refractivity contribution in [1.29, 1.82) is 0 Å². The van der Waals surface area contributed by atoms with Gasteiger partial charge in [-0.3, -0.25) is 0 Å². The summed E-state index contributed by atoms with van der Waals surface area (Å²) in [6.45, 7) is 1.94. The summed E-state index contributed by atoms with van der Waals surface area (Å²) in [5.41, 5.74) is 7.92. The van der Waals surface area contributed by atoms with Gasteiger partial charge in [0.2, 0.25) is 5.82 Å². The molecule has 0 spiro atoms. The molecule has 0 amide bonds. The van der Waals surface area contributed by atoms with Crippen LogP contribution in [0.1, 0.15) is 5.01 Å². The van der Waals surface area contributed by atoms with Crippen molar-refractivity contribution < 1.29 is 4.52 Å². The van der Waals surface area contributed by atoms with E-state index < -0.39 is 0 Å². The number of aryl methyl sites for hydroxylation is 1. The Hall–Kier alpha value is -2.21. The molecule has 0 atom stereocenters. The number of nitrogens with zero attached hydrogens (tertiary/aromatic N) is 3. The number of hydrogen-bond acceptors (Lipinski definition) is 6. The van der Waals surface area contributed by atoms with E-state index >= 15 is 0 Å². The van der Waals surface area contributed by atoms with Crippen LogP contribution >= 0.6 is 11.3 Å². The molecule has 5 nitrogen and oxygen atoms in total. The highest BCUT2D eigenvalue weighted by Gasteiger charge is 2.12. The average molecular weight is 258 g/mol. The van der Waals surface area contributed by atoms with Crippen molar-refractivity contribution in [1.82, 2.24) is 15.1 Å². The molecule has 0 radical (unpaired) electrons. The maximum atomic E-state index is 5.63. The third-order valence-corrected chi connectivity index (χ3v) is 3.21. The fourth-order valence-electron chi connectivity index (χ4n) is 1.54. The quantitative estimate of drug-likeness (QED) is 0.715. The summed E-state index contributed by atoms with van der Waals surface area (Å²) in [5, 5.41) is 6.81. The van der Waals surface area contributed by atoms with Gasteiger partial charge in [-0.05, 0) is 31.2 Å². The molecule has 18 heavy (non-hydrogen) atoms. The Morgan fingerprint density at radius 3 is 2.61 bits per heavy atom. The van der Waals surface area contributed by atoms with E-state index in [2.05, 4.69) is 15.1 Å². The highest BCUT2D eigenvalue weighted by molar-refractivity contribution is 7.09. The molecular formula is C12H10N4OS. The van der Waals surface area contributed by atoms with Gasteiger partial charge < -0.3 is 10.3 Å². The molecule has 0 saturated heterocycles. The van der Waals surface area contributed by atoms with Gasteiger partial charge in [-0.15, -0.1) is 11.3 Å². The first-order valence-electron chi connectivity index (χ1n) is 5.34. The van der Waals surface area contributed by atoms with Gasteiger partial charge in [0.15, 0.2) is 0 Å². The summed E-state index contributed by atoms with van der Waals surface area (Å²) < 4.78 is 5.20. The summed E-state index contributed by atoms with van der Waals surface area (Å²) in [4.78, 5) is 8.62. The minimum absolute atomic E-state index is 0.436. The minimum Gasteiger partial charge on any atom is -0.399 e. The van der Waals surface area contributed by atoms with Crippen LogP contribution < -0.4 is 5.73 Å². The summed E-state index contributed by atoms with van der Waals surface area (Å²) >= 11 is 1.55. The summed E-state index contributed by atoms with van der Waals surface area (Å²) in [5.74, 6) is 0.974. The molecule has 0 bridgehead atoms. The molecule has 2 aromatic heterocycles. The number of rotatable bonds is 2. The number of thiazole rings is 1. The zero-order chi connectivity index (χ0) is 12.5. The number of benzene rings is 1. The number of hydrogen-bond donors (Lipinski definition) is 1. The molecule has 90 valence electrons. The van der Waals surface area contributed by atoms with Gasteiger partial charge in [-0.2, -0.15) is 4.98 Å². The average Bonchev–Trinajstić information content (AvgIpc) is 2.98. The van der Waals surface area contributed by atoms with E-state index in [4.69, 9.17) is 10.3 Å². The van der Waals surface area contributed by atoms with E-state index in [1.807, 2.05) is 24.4 Å². The van der Waals surface area contributed by atoms with Gasteiger partial charge in [-0.25, -0.2) is 4.98 Å². The first-order chi connectivity index (χ1) is 8.72. The SMILES string of the molecule is Cc1nc(-c2nc(-c3ccc(N)cc3)no2)cs1. The predicted octanol–water partition coefficient (Wildman–Crippen LogP) is 2.75. The van der Waals surface area contributed by atoms with Crippen molar-refractivity contribution in [3.8, 4) is 23.0 Å². The molecule has 3 aromatic rings. The lowest BCUT2D eigenvalue weighted by Gasteiger charge is -1.94.